The van der Waals surface area contributed by atoms with Gasteiger partial charge in [0.1, 0.15) is 11.4 Å². The topological polar surface area (TPSA) is 51.8 Å². The lowest BCUT2D eigenvalue weighted by molar-refractivity contribution is 0.355. The van der Waals surface area contributed by atoms with Gasteiger partial charge in [0.15, 0.2) is 0 Å². The van der Waals surface area contributed by atoms with Gasteiger partial charge in [-0.25, -0.2) is 9.97 Å². The second-order valence-electron chi connectivity index (χ2n) is 5.45. The molecule has 0 radical (unpaired) electrons. The average molecular weight is 279 g/mol. The quantitative estimate of drug-likeness (QED) is 0.468. The van der Waals surface area contributed by atoms with Crippen LogP contribution in [0.5, 0.6) is 0 Å². The number of anilines is 1. The molecular weight excluding hydrogens is 254 g/mol. The molecular formula is C15H25N3S. The van der Waals surface area contributed by atoms with Gasteiger partial charge in [-0.1, -0.05) is 26.8 Å². The average Bonchev–Trinajstić information content (AvgIpc) is 2.38. The maximum Gasteiger partial charge on any atom is 0.122 e. The largest absolute Gasteiger partial charge is 0.395 e. The third-order valence-electron chi connectivity index (χ3n) is 3.42. The van der Waals surface area contributed by atoms with Gasteiger partial charge >= 0.3 is 0 Å². The summed E-state index contributed by atoms with van der Waals surface area (Å²) in [6, 6.07) is 0. The second kappa shape index (κ2) is 7.53. The second-order valence-corrected chi connectivity index (χ2v) is 6.25. The number of nitrogens with zero attached hydrogens (tertiary/aromatic N) is 2. The molecule has 0 amide bonds. The van der Waals surface area contributed by atoms with Gasteiger partial charge in [0, 0.05) is 0 Å². The lowest BCUT2D eigenvalue weighted by Gasteiger charge is -2.22. The number of nitrogen functional groups attached to an aromatic ring is 1. The molecule has 106 valence electrons. The summed E-state index contributed by atoms with van der Waals surface area (Å²) in [4.78, 5) is 8.52. The van der Waals surface area contributed by atoms with E-state index in [1.165, 1.54) is 0 Å². The Morgan fingerprint density at radius 3 is 2.58 bits per heavy atom. The lowest BCUT2D eigenvalue weighted by atomic mass is 9.84. The van der Waals surface area contributed by atoms with E-state index in [4.69, 9.17) is 5.73 Å². The summed E-state index contributed by atoms with van der Waals surface area (Å²) in [5.41, 5.74) is 7.80. The van der Waals surface area contributed by atoms with Crippen molar-refractivity contribution < 1.29 is 0 Å². The molecule has 1 aromatic rings. The number of aromatic nitrogens is 2. The number of thioether (sulfide) groups is 1. The van der Waals surface area contributed by atoms with E-state index in [0.29, 0.717) is 17.8 Å². The molecule has 0 spiro atoms. The van der Waals surface area contributed by atoms with Crippen molar-refractivity contribution in [2.45, 2.75) is 38.6 Å². The van der Waals surface area contributed by atoms with Gasteiger partial charge in [-0.3, -0.25) is 0 Å². The third-order valence-corrected chi connectivity index (χ3v) is 4.13. The van der Waals surface area contributed by atoms with Crippen molar-refractivity contribution in [3.8, 4) is 0 Å². The van der Waals surface area contributed by atoms with Crippen LogP contribution in [0, 0.1) is 17.8 Å². The van der Waals surface area contributed by atoms with Crippen LogP contribution in [0.4, 0.5) is 5.69 Å². The summed E-state index contributed by atoms with van der Waals surface area (Å²) in [6.45, 7) is 10.7. The van der Waals surface area contributed by atoms with Crippen molar-refractivity contribution in [2.75, 3.05) is 12.0 Å². The molecule has 0 bridgehead atoms. The van der Waals surface area contributed by atoms with E-state index < -0.39 is 0 Å². The highest BCUT2D eigenvalue weighted by atomic mass is 32.2. The van der Waals surface area contributed by atoms with Crippen LogP contribution in [0.3, 0.4) is 0 Å². The van der Waals surface area contributed by atoms with E-state index >= 15 is 0 Å². The highest BCUT2D eigenvalue weighted by Crippen LogP contribution is 2.28. The summed E-state index contributed by atoms with van der Waals surface area (Å²) in [5, 5.41) is 0.871. The maximum absolute atomic E-state index is 6.11. The van der Waals surface area contributed by atoms with E-state index in [-0.39, 0.29) is 0 Å². The number of hydrogen-bond donors (Lipinski definition) is 1. The molecule has 0 saturated carbocycles. The molecule has 2 atom stereocenters. The van der Waals surface area contributed by atoms with Crippen molar-refractivity contribution in [3.63, 3.8) is 0 Å². The molecule has 4 heteroatoms. The summed E-state index contributed by atoms with van der Waals surface area (Å²) in [5.74, 6) is 1.67. The summed E-state index contributed by atoms with van der Waals surface area (Å²) < 4.78 is 0. The van der Waals surface area contributed by atoms with Crippen LogP contribution >= 0.6 is 11.8 Å². The van der Waals surface area contributed by atoms with Gasteiger partial charge in [0.25, 0.3) is 0 Å². The first-order valence-electron chi connectivity index (χ1n) is 6.75. The fraction of sp³-hybridized carbons (Fsp3) is 0.600. The predicted molar refractivity (Wildman–Crippen MR) is 84.2 cm³/mol. The Morgan fingerprint density at radius 1 is 1.37 bits per heavy atom. The number of hydrogen-bond acceptors (Lipinski definition) is 4. The molecule has 0 aromatic carbocycles. The van der Waals surface area contributed by atoms with Crippen molar-refractivity contribution in [1.82, 2.24) is 9.97 Å². The van der Waals surface area contributed by atoms with Crippen LogP contribution in [0.15, 0.2) is 24.0 Å². The first-order valence-corrected chi connectivity index (χ1v) is 7.97. The van der Waals surface area contributed by atoms with Gasteiger partial charge in [-0.2, -0.15) is 0 Å². The molecule has 2 N–H and O–H groups in total. The van der Waals surface area contributed by atoms with Gasteiger partial charge in [0.2, 0.25) is 0 Å². The Kier molecular flexibility index (Phi) is 6.35. The molecule has 1 heterocycles. The van der Waals surface area contributed by atoms with Crippen LogP contribution in [-0.2, 0) is 6.42 Å². The van der Waals surface area contributed by atoms with E-state index in [1.54, 1.807) is 18.1 Å². The summed E-state index contributed by atoms with van der Waals surface area (Å²) >= 11 is 1.57. The normalized spacial score (nSPS) is 14.4. The van der Waals surface area contributed by atoms with Gasteiger partial charge < -0.3 is 5.73 Å². The number of nitrogens with two attached hydrogens (primary N) is 1. The van der Waals surface area contributed by atoms with Crippen LogP contribution in [0.2, 0.25) is 0 Å². The zero-order valence-corrected chi connectivity index (χ0v) is 13.2. The minimum Gasteiger partial charge on any atom is -0.395 e. The lowest BCUT2D eigenvalue weighted by Crippen LogP contribution is -2.16. The molecule has 0 fully saturated rings. The van der Waals surface area contributed by atoms with Crippen LogP contribution in [-0.4, -0.2) is 16.2 Å². The van der Waals surface area contributed by atoms with E-state index in [0.717, 1.165) is 29.2 Å². The van der Waals surface area contributed by atoms with Crippen molar-refractivity contribution in [3.05, 3.63) is 24.7 Å². The number of allylic oxidation sites excluding steroid dienone is 1. The van der Waals surface area contributed by atoms with Crippen LogP contribution in [0.25, 0.3) is 0 Å². The molecule has 0 aliphatic rings. The SMILES string of the molecule is C=CC(CC(C)C)C(C)Cc1ncnc(SC)c1N. The highest BCUT2D eigenvalue weighted by molar-refractivity contribution is 7.98. The highest BCUT2D eigenvalue weighted by Gasteiger charge is 2.18. The Labute approximate surface area is 121 Å². The fourth-order valence-electron chi connectivity index (χ4n) is 2.30. The Morgan fingerprint density at radius 2 is 2.05 bits per heavy atom. The van der Waals surface area contributed by atoms with Gasteiger partial charge in [0.05, 0.1) is 11.4 Å². The van der Waals surface area contributed by atoms with E-state index in [2.05, 4.69) is 43.4 Å². The molecule has 0 aliphatic carbocycles. The first kappa shape index (κ1) is 16.0. The minimum absolute atomic E-state index is 0.492. The van der Waals surface area contributed by atoms with Crippen molar-refractivity contribution in [2.24, 2.45) is 17.8 Å². The fourth-order valence-corrected chi connectivity index (χ4v) is 2.79. The predicted octanol–water partition coefficient (Wildman–Crippen LogP) is 3.81. The van der Waals surface area contributed by atoms with E-state index in [9.17, 15) is 0 Å². The smallest absolute Gasteiger partial charge is 0.122 e. The third kappa shape index (κ3) is 4.53. The van der Waals surface area contributed by atoms with E-state index in [1.807, 2.05) is 6.26 Å². The Bertz CT molecular complexity index is 418. The van der Waals surface area contributed by atoms with Crippen LogP contribution < -0.4 is 5.73 Å². The molecule has 3 nitrogen and oxygen atoms in total. The molecule has 2 unspecified atom stereocenters. The zero-order chi connectivity index (χ0) is 14.4. The summed E-state index contributed by atoms with van der Waals surface area (Å²) in [7, 11) is 0. The minimum atomic E-state index is 0.492. The standard InChI is InChI=1S/C15H25N3S/c1-6-12(7-10(2)3)11(4)8-13-14(16)15(19-5)18-9-17-13/h6,9-12H,1,7-8,16H2,2-5H3. The zero-order valence-electron chi connectivity index (χ0n) is 12.4. The van der Waals surface area contributed by atoms with Crippen molar-refractivity contribution >= 4 is 17.4 Å². The molecule has 0 saturated heterocycles. The Hall–Kier alpha value is -1.03. The van der Waals surface area contributed by atoms with Gasteiger partial charge in [-0.15, -0.1) is 18.3 Å². The number of rotatable bonds is 7. The Balaban J connectivity index is 2.80. The first-order chi connectivity index (χ1) is 8.99. The maximum atomic E-state index is 6.11. The molecule has 1 aromatic heterocycles. The van der Waals surface area contributed by atoms with Crippen LogP contribution in [0.1, 0.15) is 32.9 Å². The molecule has 1 rings (SSSR count). The van der Waals surface area contributed by atoms with Gasteiger partial charge in [-0.05, 0) is 36.9 Å². The summed E-state index contributed by atoms with van der Waals surface area (Å²) in [6.07, 6.45) is 7.70. The molecule has 0 aliphatic heterocycles. The molecule has 19 heavy (non-hydrogen) atoms. The monoisotopic (exact) mass is 279 g/mol. The van der Waals surface area contributed by atoms with Crippen molar-refractivity contribution in [1.29, 1.82) is 0 Å².